The molecule has 2 aromatic heterocycles. The summed E-state index contributed by atoms with van der Waals surface area (Å²) in [6.07, 6.45) is 6.41. The molecular weight excluding hydrogens is 228 g/mol. The zero-order chi connectivity index (χ0) is 12.4. The Balaban J connectivity index is 1.95. The van der Waals surface area contributed by atoms with E-state index in [1.807, 2.05) is 24.4 Å². The van der Waals surface area contributed by atoms with Gasteiger partial charge in [-0.2, -0.15) is 0 Å². The molecular formula is C13H10N4O. The van der Waals surface area contributed by atoms with Crippen LogP contribution in [0, 0.1) is 0 Å². The Labute approximate surface area is 103 Å². The lowest BCUT2D eigenvalue weighted by Crippen LogP contribution is -2.13. The van der Waals surface area contributed by atoms with Crippen LogP contribution in [0.2, 0.25) is 0 Å². The standard InChI is InChI=1S/C13H10N4O/c18-13(17-12-8-14-6-7-16-12)10-2-1-3-11-9(10)4-5-15-11/h1-8,15H,(H,16,17,18). The van der Waals surface area contributed by atoms with Gasteiger partial charge < -0.3 is 10.3 Å². The number of H-pyrrole nitrogens is 1. The highest BCUT2D eigenvalue weighted by molar-refractivity contribution is 6.12. The average molecular weight is 238 g/mol. The van der Waals surface area contributed by atoms with Crippen LogP contribution in [0.1, 0.15) is 10.4 Å². The number of anilines is 1. The maximum Gasteiger partial charge on any atom is 0.257 e. The molecule has 0 saturated carbocycles. The summed E-state index contributed by atoms with van der Waals surface area (Å²) in [5.41, 5.74) is 1.54. The van der Waals surface area contributed by atoms with E-state index in [9.17, 15) is 4.79 Å². The summed E-state index contributed by atoms with van der Waals surface area (Å²) in [5.74, 6) is 0.246. The number of nitrogens with zero attached hydrogens (tertiary/aromatic N) is 2. The van der Waals surface area contributed by atoms with Crippen LogP contribution in [-0.2, 0) is 0 Å². The largest absolute Gasteiger partial charge is 0.361 e. The van der Waals surface area contributed by atoms with Crippen LogP contribution < -0.4 is 5.32 Å². The van der Waals surface area contributed by atoms with Gasteiger partial charge in [0.05, 0.1) is 6.20 Å². The molecule has 5 nitrogen and oxygen atoms in total. The van der Waals surface area contributed by atoms with Crippen LogP contribution in [0.5, 0.6) is 0 Å². The highest BCUT2D eigenvalue weighted by Gasteiger charge is 2.10. The summed E-state index contributed by atoms with van der Waals surface area (Å²) < 4.78 is 0. The van der Waals surface area contributed by atoms with Crippen LogP contribution in [0.15, 0.2) is 49.1 Å². The lowest BCUT2D eigenvalue weighted by molar-refractivity contribution is 0.102. The smallest absolute Gasteiger partial charge is 0.257 e. The molecule has 3 aromatic rings. The fourth-order valence-electron chi connectivity index (χ4n) is 1.83. The lowest BCUT2D eigenvalue weighted by Gasteiger charge is -2.04. The molecule has 0 spiro atoms. The predicted octanol–water partition coefficient (Wildman–Crippen LogP) is 2.21. The van der Waals surface area contributed by atoms with Gasteiger partial charge >= 0.3 is 0 Å². The van der Waals surface area contributed by atoms with E-state index in [0.29, 0.717) is 11.4 Å². The molecule has 0 atom stereocenters. The monoisotopic (exact) mass is 238 g/mol. The summed E-state index contributed by atoms with van der Waals surface area (Å²) in [6.45, 7) is 0. The van der Waals surface area contributed by atoms with Crippen molar-refractivity contribution in [1.82, 2.24) is 15.0 Å². The summed E-state index contributed by atoms with van der Waals surface area (Å²) in [4.78, 5) is 23.1. The van der Waals surface area contributed by atoms with Crippen molar-refractivity contribution in [2.75, 3.05) is 5.32 Å². The molecule has 0 aliphatic rings. The van der Waals surface area contributed by atoms with Gasteiger partial charge in [0, 0.05) is 35.1 Å². The maximum atomic E-state index is 12.1. The Hall–Kier alpha value is -2.69. The van der Waals surface area contributed by atoms with Crippen molar-refractivity contribution < 1.29 is 4.79 Å². The first-order valence-corrected chi connectivity index (χ1v) is 5.48. The molecule has 0 aliphatic carbocycles. The van der Waals surface area contributed by atoms with Crippen LogP contribution in [0.25, 0.3) is 10.9 Å². The Morgan fingerprint density at radius 1 is 1.22 bits per heavy atom. The zero-order valence-electron chi connectivity index (χ0n) is 9.42. The number of hydrogen-bond acceptors (Lipinski definition) is 3. The molecule has 1 amide bonds. The summed E-state index contributed by atoms with van der Waals surface area (Å²) in [7, 11) is 0. The van der Waals surface area contributed by atoms with Gasteiger partial charge in [-0.3, -0.25) is 9.78 Å². The van der Waals surface area contributed by atoms with E-state index in [2.05, 4.69) is 20.3 Å². The third-order valence-corrected chi connectivity index (χ3v) is 2.64. The first-order chi connectivity index (χ1) is 8.84. The van der Waals surface area contributed by atoms with E-state index in [0.717, 1.165) is 10.9 Å². The van der Waals surface area contributed by atoms with E-state index in [4.69, 9.17) is 0 Å². The minimum Gasteiger partial charge on any atom is -0.361 e. The molecule has 0 unspecified atom stereocenters. The zero-order valence-corrected chi connectivity index (χ0v) is 9.42. The molecule has 3 rings (SSSR count). The molecule has 0 aliphatic heterocycles. The number of carbonyl (C=O) groups is 1. The van der Waals surface area contributed by atoms with E-state index in [1.54, 1.807) is 12.3 Å². The fourth-order valence-corrected chi connectivity index (χ4v) is 1.83. The Morgan fingerprint density at radius 3 is 3.00 bits per heavy atom. The predicted molar refractivity (Wildman–Crippen MR) is 68.3 cm³/mol. The van der Waals surface area contributed by atoms with Crippen LogP contribution >= 0.6 is 0 Å². The summed E-state index contributed by atoms with van der Waals surface area (Å²) in [5, 5.41) is 3.60. The van der Waals surface area contributed by atoms with Gasteiger partial charge in [0.15, 0.2) is 5.82 Å². The molecule has 0 bridgehead atoms. The third-order valence-electron chi connectivity index (χ3n) is 2.64. The molecule has 0 radical (unpaired) electrons. The topological polar surface area (TPSA) is 70.7 Å². The molecule has 2 heterocycles. The molecule has 5 heteroatoms. The van der Waals surface area contributed by atoms with Crippen molar-refractivity contribution in [2.24, 2.45) is 0 Å². The average Bonchev–Trinajstić information content (AvgIpc) is 2.87. The van der Waals surface area contributed by atoms with Gasteiger partial charge in [-0.15, -0.1) is 0 Å². The molecule has 88 valence electrons. The van der Waals surface area contributed by atoms with Crippen molar-refractivity contribution in [3.63, 3.8) is 0 Å². The highest BCUT2D eigenvalue weighted by atomic mass is 16.1. The van der Waals surface area contributed by atoms with Crippen LogP contribution in [0.3, 0.4) is 0 Å². The Kier molecular flexibility index (Phi) is 2.49. The number of rotatable bonds is 2. The fraction of sp³-hybridized carbons (Fsp3) is 0. The molecule has 18 heavy (non-hydrogen) atoms. The number of hydrogen-bond donors (Lipinski definition) is 2. The number of benzene rings is 1. The van der Waals surface area contributed by atoms with E-state index >= 15 is 0 Å². The first kappa shape index (κ1) is 10.5. The van der Waals surface area contributed by atoms with E-state index in [-0.39, 0.29) is 5.91 Å². The van der Waals surface area contributed by atoms with Gasteiger partial charge in [0.25, 0.3) is 5.91 Å². The van der Waals surface area contributed by atoms with Crippen molar-refractivity contribution in [3.8, 4) is 0 Å². The van der Waals surface area contributed by atoms with Crippen molar-refractivity contribution >= 4 is 22.6 Å². The van der Waals surface area contributed by atoms with Crippen molar-refractivity contribution in [2.45, 2.75) is 0 Å². The second-order valence-corrected chi connectivity index (χ2v) is 3.79. The number of fused-ring (bicyclic) bond motifs is 1. The van der Waals surface area contributed by atoms with Gasteiger partial charge in [-0.25, -0.2) is 4.98 Å². The number of aromatic nitrogens is 3. The van der Waals surface area contributed by atoms with E-state index in [1.165, 1.54) is 12.4 Å². The lowest BCUT2D eigenvalue weighted by atomic mass is 10.1. The van der Waals surface area contributed by atoms with Crippen LogP contribution in [-0.4, -0.2) is 20.9 Å². The Bertz CT molecular complexity index is 690. The van der Waals surface area contributed by atoms with Crippen LogP contribution in [0.4, 0.5) is 5.82 Å². The molecule has 1 aromatic carbocycles. The number of aromatic amines is 1. The van der Waals surface area contributed by atoms with Gasteiger partial charge in [-0.05, 0) is 18.2 Å². The normalized spacial score (nSPS) is 10.4. The summed E-state index contributed by atoms with van der Waals surface area (Å²) >= 11 is 0. The third kappa shape index (κ3) is 1.82. The maximum absolute atomic E-state index is 12.1. The minimum atomic E-state index is -0.194. The number of carbonyl (C=O) groups excluding carboxylic acids is 1. The molecule has 0 fully saturated rings. The number of amides is 1. The van der Waals surface area contributed by atoms with Gasteiger partial charge in [-0.1, -0.05) is 6.07 Å². The SMILES string of the molecule is O=C(Nc1cnccn1)c1cccc2[nH]ccc12. The Morgan fingerprint density at radius 2 is 2.17 bits per heavy atom. The van der Waals surface area contributed by atoms with Gasteiger partial charge in [0.2, 0.25) is 0 Å². The molecule has 0 saturated heterocycles. The van der Waals surface area contributed by atoms with Crippen molar-refractivity contribution in [3.05, 3.63) is 54.6 Å². The van der Waals surface area contributed by atoms with E-state index < -0.39 is 0 Å². The first-order valence-electron chi connectivity index (χ1n) is 5.48. The highest BCUT2D eigenvalue weighted by Crippen LogP contribution is 2.18. The quantitative estimate of drug-likeness (QED) is 0.719. The number of nitrogens with one attached hydrogen (secondary N) is 2. The second kappa shape index (κ2) is 4.29. The second-order valence-electron chi connectivity index (χ2n) is 3.79. The summed E-state index contributed by atoms with van der Waals surface area (Å²) in [6, 6.07) is 7.42. The molecule has 2 N–H and O–H groups in total. The van der Waals surface area contributed by atoms with Crippen molar-refractivity contribution in [1.29, 1.82) is 0 Å². The minimum absolute atomic E-state index is 0.194. The van der Waals surface area contributed by atoms with Gasteiger partial charge in [0.1, 0.15) is 0 Å².